The van der Waals surface area contributed by atoms with Crippen LogP contribution in [0.5, 0.6) is 0 Å². The van der Waals surface area contributed by atoms with E-state index in [1.165, 1.54) is 6.08 Å². The van der Waals surface area contributed by atoms with Crippen molar-refractivity contribution < 1.29 is 4.79 Å². The van der Waals surface area contributed by atoms with Crippen LogP contribution in [0.1, 0.15) is 0 Å². The fourth-order valence-corrected chi connectivity index (χ4v) is 1.03. The van der Waals surface area contributed by atoms with Crippen molar-refractivity contribution >= 4 is 75.4 Å². The molecule has 0 saturated carbocycles. The van der Waals surface area contributed by atoms with E-state index in [9.17, 15) is 4.79 Å². The van der Waals surface area contributed by atoms with E-state index >= 15 is 0 Å². The third kappa shape index (κ3) is 3.05. The number of aliphatic imine (C=N–C) groups is 1. The van der Waals surface area contributed by atoms with Crippen LogP contribution in [-0.2, 0) is 4.79 Å². The fraction of sp³-hybridized carbons (Fsp3) is 0.200. The molecule has 2 nitrogen and oxygen atoms in total. The molecule has 1 rings (SSSR count). The minimum atomic E-state index is -0.769. The van der Waals surface area contributed by atoms with Gasteiger partial charge in [0.25, 0.3) is 5.91 Å². The second kappa shape index (κ2) is 4.85. The number of dihydropyridines is 1. The van der Waals surface area contributed by atoms with Crippen molar-refractivity contribution in [1.29, 1.82) is 0 Å². The van der Waals surface area contributed by atoms with E-state index in [1.54, 1.807) is 0 Å². The summed E-state index contributed by atoms with van der Waals surface area (Å²) in [6.07, 6.45) is 1.35. The van der Waals surface area contributed by atoms with Crippen molar-refractivity contribution in [3.8, 4) is 0 Å². The average molecular weight is 221 g/mol. The Bertz CT molecular complexity index is 238. The second-order valence-corrected chi connectivity index (χ2v) is 2.89. The topological polar surface area (TPSA) is 29.4 Å². The number of carbonyl (C=O) groups is 1. The summed E-state index contributed by atoms with van der Waals surface area (Å²) in [7, 11) is 0. The third-order valence-electron chi connectivity index (χ3n) is 0.934. The monoisotopic (exact) mass is 220 g/mol. The molecule has 1 radical (unpaired) electrons. The first-order chi connectivity index (χ1) is 4.61. The van der Waals surface area contributed by atoms with Crippen LogP contribution in [0.2, 0.25) is 0 Å². The zero-order valence-electron chi connectivity index (χ0n) is 5.64. The van der Waals surface area contributed by atoms with Crippen LogP contribution in [0.3, 0.4) is 0 Å². The maximum absolute atomic E-state index is 10.6. The van der Waals surface area contributed by atoms with Crippen LogP contribution in [0.4, 0.5) is 0 Å². The van der Waals surface area contributed by atoms with Gasteiger partial charge in [0.05, 0.1) is 5.03 Å². The van der Waals surface area contributed by atoms with Crippen LogP contribution < -0.4 is 0 Å². The summed E-state index contributed by atoms with van der Waals surface area (Å²) in [5.41, 5.74) is 0. The maximum atomic E-state index is 10.6. The molecule has 0 aliphatic carbocycles. The second-order valence-electron chi connectivity index (χ2n) is 1.66. The fourth-order valence-electron chi connectivity index (χ4n) is 0.480. The Kier molecular flexibility index (Phi) is 5.27. The molecule has 6 heteroatoms. The molecule has 1 unspecified atom stereocenters. The molecule has 0 aromatic rings. The van der Waals surface area contributed by atoms with Crippen molar-refractivity contribution in [1.82, 2.24) is 0 Å². The van der Waals surface area contributed by atoms with Gasteiger partial charge < -0.3 is 0 Å². The van der Waals surface area contributed by atoms with Crippen molar-refractivity contribution in [3.63, 3.8) is 0 Å². The number of nitrogens with zero attached hydrogens (tertiary/aromatic N) is 1. The van der Waals surface area contributed by atoms with Gasteiger partial charge >= 0.3 is 0 Å². The molecule has 1 heterocycles. The molecule has 0 spiro atoms. The van der Waals surface area contributed by atoms with Crippen molar-refractivity contribution in [3.05, 3.63) is 11.1 Å². The van der Waals surface area contributed by atoms with Gasteiger partial charge in [0.1, 0.15) is 5.38 Å². The standard InChI is InChI=1S/C5H2Cl3NO.Na/c6-2-1-3(7)5(10)9-4(2)8;/h1,3H;. The number of alkyl halides is 1. The summed E-state index contributed by atoms with van der Waals surface area (Å²) in [5, 5.41) is -0.542. The third-order valence-corrected chi connectivity index (χ3v) is 1.94. The Morgan fingerprint density at radius 3 is 2.45 bits per heavy atom. The van der Waals surface area contributed by atoms with Gasteiger partial charge in [-0.2, -0.15) is 4.99 Å². The maximum Gasteiger partial charge on any atom is 0.269 e. The van der Waals surface area contributed by atoms with Gasteiger partial charge in [-0.25, -0.2) is 0 Å². The van der Waals surface area contributed by atoms with Crippen molar-refractivity contribution in [2.75, 3.05) is 0 Å². The number of allylic oxidation sites excluding steroid dienone is 1. The summed E-state index contributed by atoms with van der Waals surface area (Å²) in [4.78, 5) is 14.0. The zero-order valence-corrected chi connectivity index (χ0v) is 9.91. The molecule has 55 valence electrons. The van der Waals surface area contributed by atoms with Crippen molar-refractivity contribution in [2.45, 2.75) is 5.38 Å². The van der Waals surface area contributed by atoms with Crippen LogP contribution in [0.25, 0.3) is 0 Å². The van der Waals surface area contributed by atoms with Gasteiger partial charge in [0.2, 0.25) is 0 Å². The number of hydrogen-bond donors (Lipinski definition) is 0. The number of amides is 1. The van der Waals surface area contributed by atoms with Gasteiger partial charge in [0, 0.05) is 29.6 Å². The van der Waals surface area contributed by atoms with Crippen LogP contribution in [0.15, 0.2) is 16.1 Å². The summed E-state index contributed by atoms with van der Waals surface area (Å²) in [6, 6.07) is 0. The molecule has 0 aromatic heterocycles. The summed E-state index contributed by atoms with van der Waals surface area (Å²) < 4.78 is 0. The van der Waals surface area contributed by atoms with Crippen LogP contribution >= 0.6 is 34.8 Å². The molecule has 11 heavy (non-hydrogen) atoms. The summed E-state index contributed by atoms with van der Waals surface area (Å²) >= 11 is 16.3. The van der Waals surface area contributed by atoms with Crippen LogP contribution in [0, 0.1) is 0 Å². The van der Waals surface area contributed by atoms with E-state index in [4.69, 9.17) is 34.8 Å². The molecule has 0 bridgehead atoms. The van der Waals surface area contributed by atoms with Gasteiger partial charge in [-0.1, -0.05) is 23.2 Å². The molecule has 1 aliphatic heterocycles. The number of carbonyl (C=O) groups excluding carboxylic acids is 1. The van der Waals surface area contributed by atoms with E-state index in [1.807, 2.05) is 0 Å². The van der Waals surface area contributed by atoms with E-state index in [0.29, 0.717) is 0 Å². The normalized spacial score (nSPS) is 23.5. The molecule has 0 fully saturated rings. The van der Waals surface area contributed by atoms with Gasteiger partial charge in [-0.15, -0.1) is 11.6 Å². The summed E-state index contributed by atoms with van der Waals surface area (Å²) in [6.45, 7) is 0. The Hall–Kier alpha value is 0.950. The Balaban J connectivity index is 0.000001000. The van der Waals surface area contributed by atoms with E-state index in [-0.39, 0.29) is 39.8 Å². The molecular weight excluding hydrogens is 219 g/mol. The smallest absolute Gasteiger partial charge is 0.269 e. The van der Waals surface area contributed by atoms with Crippen molar-refractivity contribution in [2.24, 2.45) is 4.99 Å². The minimum absolute atomic E-state index is 0. The first-order valence-corrected chi connectivity index (χ1v) is 3.60. The minimum Gasteiger partial charge on any atom is -0.270 e. The first-order valence-electron chi connectivity index (χ1n) is 2.41. The predicted molar refractivity (Wildman–Crippen MR) is 47.6 cm³/mol. The molecule has 1 amide bonds. The Morgan fingerprint density at radius 1 is 1.45 bits per heavy atom. The zero-order chi connectivity index (χ0) is 7.72. The predicted octanol–water partition coefficient (Wildman–Crippen LogP) is 1.51. The van der Waals surface area contributed by atoms with Gasteiger partial charge in [-0.3, -0.25) is 4.79 Å². The average Bonchev–Trinajstić information content (AvgIpc) is 1.84. The number of hydrogen-bond acceptors (Lipinski definition) is 1. The summed E-state index contributed by atoms with van der Waals surface area (Å²) in [5.74, 6) is -0.476. The Morgan fingerprint density at radius 2 is 2.00 bits per heavy atom. The molecule has 0 saturated heterocycles. The molecule has 0 N–H and O–H groups in total. The number of halogens is 3. The van der Waals surface area contributed by atoms with Crippen LogP contribution in [-0.4, -0.2) is 46.0 Å². The van der Waals surface area contributed by atoms with Gasteiger partial charge in [0.15, 0.2) is 5.17 Å². The molecule has 0 aromatic carbocycles. The Labute approximate surface area is 101 Å². The molecule has 1 atom stereocenters. The van der Waals surface area contributed by atoms with Gasteiger partial charge in [-0.05, 0) is 6.08 Å². The molecule has 1 aliphatic rings. The SMILES string of the molecule is O=C1N=C(Cl)C(Cl)=CC1Cl.[Na]. The molecular formula is C5H2Cl3NNaO. The van der Waals surface area contributed by atoms with E-state index in [0.717, 1.165) is 0 Å². The quantitative estimate of drug-likeness (QED) is 0.450. The largest absolute Gasteiger partial charge is 0.270 e. The van der Waals surface area contributed by atoms with E-state index < -0.39 is 11.3 Å². The number of rotatable bonds is 0. The van der Waals surface area contributed by atoms with E-state index in [2.05, 4.69) is 4.99 Å². The first kappa shape index (κ1) is 11.9.